The lowest BCUT2D eigenvalue weighted by molar-refractivity contribution is -0.132. The van der Waals surface area contributed by atoms with Crippen molar-refractivity contribution < 1.29 is 15.0 Å². The Morgan fingerprint density at radius 3 is 2.47 bits per heavy atom. The zero-order valence-electron chi connectivity index (χ0n) is 8.85. The van der Waals surface area contributed by atoms with E-state index in [1.165, 1.54) is 0 Å². The lowest BCUT2D eigenvalue weighted by Gasteiger charge is -2.29. The van der Waals surface area contributed by atoms with Gasteiger partial charge >= 0.3 is 0 Å². The minimum atomic E-state index is -0.862. The maximum atomic E-state index is 11.6. The van der Waals surface area contributed by atoms with Crippen LogP contribution in [-0.2, 0) is 4.79 Å². The Balaban J connectivity index is 1.81. The monoisotopic (exact) mass is 213 g/mol. The van der Waals surface area contributed by atoms with Gasteiger partial charge in [0.1, 0.15) is 6.10 Å². The Hall–Kier alpha value is -0.610. The van der Waals surface area contributed by atoms with Crippen molar-refractivity contribution in [2.24, 2.45) is 5.92 Å². The van der Waals surface area contributed by atoms with Crippen molar-refractivity contribution in [2.75, 3.05) is 0 Å². The molecule has 3 N–H and O–H groups in total. The second-order valence-corrected chi connectivity index (χ2v) is 4.75. The molecule has 15 heavy (non-hydrogen) atoms. The van der Waals surface area contributed by atoms with Crippen LogP contribution in [0.1, 0.15) is 38.5 Å². The van der Waals surface area contributed by atoms with Crippen molar-refractivity contribution in [3.05, 3.63) is 0 Å². The number of hydrogen-bond donors (Lipinski definition) is 3. The molecule has 2 rings (SSSR count). The molecule has 3 unspecified atom stereocenters. The molecule has 0 aromatic heterocycles. The van der Waals surface area contributed by atoms with Crippen LogP contribution in [0.4, 0.5) is 0 Å². The fourth-order valence-corrected chi connectivity index (χ4v) is 2.17. The quantitative estimate of drug-likeness (QED) is 0.626. The van der Waals surface area contributed by atoms with E-state index < -0.39 is 12.2 Å². The van der Waals surface area contributed by atoms with Gasteiger partial charge in [-0.3, -0.25) is 4.79 Å². The molecule has 0 spiro atoms. The summed E-state index contributed by atoms with van der Waals surface area (Å²) in [7, 11) is 0. The molecule has 0 radical (unpaired) electrons. The molecule has 0 aliphatic heterocycles. The minimum absolute atomic E-state index is 0.153. The van der Waals surface area contributed by atoms with Crippen molar-refractivity contribution in [3.63, 3.8) is 0 Å². The van der Waals surface area contributed by atoms with E-state index in [1.54, 1.807) is 0 Å². The highest BCUT2D eigenvalue weighted by Crippen LogP contribution is 2.32. The van der Waals surface area contributed by atoms with E-state index in [9.17, 15) is 15.0 Å². The van der Waals surface area contributed by atoms with Crippen LogP contribution in [0, 0.1) is 5.92 Å². The van der Waals surface area contributed by atoms with Gasteiger partial charge in [-0.15, -0.1) is 0 Å². The Kier molecular flexibility index (Phi) is 3.26. The molecule has 2 saturated carbocycles. The highest BCUT2D eigenvalue weighted by molar-refractivity contribution is 5.81. The Bertz CT molecular complexity index is 240. The Morgan fingerprint density at radius 2 is 1.87 bits per heavy atom. The number of amides is 1. The molecule has 86 valence electrons. The highest BCUT2D eigenvalue weighted by Gasteiger charge is 2.36. The first kappa shape index (κ1) is 10.9. The average Bonchev–Trinajstić information content (AvgIpc) is 3.04. The van der Waals surface area contributed by atoms with Crippen molar-refractivity contribution >= 4 is 5.91 Å². The van der Waals surface area contributed by atoms with Crippen LogP contribution in [0.3, 0.4) is 0 Å². The fraction of sp³-hybridized carbons (Fsp3) is 0.909. The van der Waals surface area contributed by atoms with Crippen LogP contribution >= 0.6 is 0 Å². The van der Waals surface area contributed by atoms with Gasteiger partial charge in [0, 0.05) is 0 Å². The number of aliphatic hydroxyl groups is 2. The standard InChI is InChI=1S/C11H19NO3/c13-9-4-2-1-3-8(9)12-11(15)10(14)7-5-6-7/h7-10,13-14H,1-6H2,(H,12,15). The van der Waals surface area contributed by atoms with Gasteiger partial charge in [0.05, 0.1) is 12.1 Å². The van der Waals surface area contributed by atoms with Gasteiger partial charge in [0.25, 0.3) is 0 Å². The molecule has 0 saturated heterocycles. The van der Waals surface area contributed by atoms with Gasteiger partial charge < -0.3 is 15.5 Å². The van der Waals surface area contributed by atoms with Crippen molar-refractivity contribution in [2.45, 2.75) is 56.8 Å². The molecule has 4 heteroatoms. The van der Waals surface area contributed by atoms with Crippen LogP contribution < -0.4 is 5.32 Å². The predicted octanol–water partition coefficient (Wildman–Crippen LogP) is 0.177. The summed E-state index contributed by atoms with van der Waals surface area (Å²) in [5, 5.41) is 22.0. The third kappa shape index (κ3) is 2.69. The summed E-state index contributed by atoms with van der Waals surface area (Å²) in [6.45, 7) is 0. The van der Waals surface area contributed by atoms with E-state index in [1.807, 2.05) is 0 Å². The van der Waals surface area contributed by atoms with Gasteiger partial charge in [-0.2, -0.15) is 0 Å². The summed E-state index contributed by atoms with van der Waals surface area (Å²) < 4.78 is 0. The van der Waals surface area contributed by atoms with E-state index in [0.717, 1.165) is 38.5 Å². The first-order valence-electron chi connectivity index (χ1n) is 5.85. The normalized spacial score (nSPS) is 33.5. The second-order valence-electron chi connectivity index (χ2n) is 4.75. The van der Waals surface area contributed by atoms with E-state index in [2.05, 4.69) is 5.32 Å². The number of nitrogens with one attached hydrogen (secondary N) is 1. The molecule has 2 aliphatic rings. The largest absolute Gasteiger partial charge is 0.391 e. The molecule has 4 nitrogen and oxygen atoms in total. The molecule has 0 heterocycles. The number of hydrogen-bond acceptors (Lipinski definition) is 3. The van der Waals surface area contributed by atoms with Crippen molar-refractivity contribution in [1.29, 1.82) is 0 Å². The van der Waals surface area contributed by atoms with E-state index in [4.69, 9.17) is 0 Å². The smallest absolute Gasteiger partial charge is 0.249 e. The van der Waals surface area contributed by atoms with Gasteiger partial charge in [-0.25, -0.2) is 0 Å². The summed E-state index contributed by atoms with van der Waals surface area (Å²) >= 11 is 0. The number of rotatable bonds is 3. The first-order valence-corrected chi connectivity index (χ1v) is 5.85. The zero-order valence-corrected chi connectivity index (χ0v) is 8.85. The van der Waals surface area contributed by atoms with Crippen LogP contribution in [0.2, 0.25) is 0 Å². The lowest BCUT2D eigenvalue weighted by atomic mass is 9.92. The molecular formula is C11H19NO3. The molecule has 2 fully saturated rings. The second kappa shape index (κ2) is 4.49. The fourth-order valence-electron chi connectivity index (χ4n) is 2.17. The Labute approximate surface area is 89.7 Å². The van der Waals surface area contributed by atoms with Gasteiger partial charge in [-0.05, 0) is 31.6 Å². The molecule has 0 bridgehead atoms. The maximum absolute atomic E-state index is 11.6. The van der Waals surface area contributed by atoms with Crippen molar-refractivity contribution in [1.82, 2.24) is 5.32 Å². The number of aliphatic hydroxyl groups excluding tert-OH is 2. The number of carbonyl (C=O) groups is 1. The SMILES string of the molecule is O=C(NC1CCCCC1O)C(O)C1CC1. The molecular weight excluding hydrogens is 194 g/mol. The number of carbonyl (C=O) groups excluding carboxylic acids is 1. The van der Waals surface area contributed by atoms with Crippen LogP contribution in [-0.4, -0.2) is 34.4 Å². The zero-order chi connectivity index (χ0) is 10.8. The van der Waals surface area contributed by atoms with Crippen LogP contribution in [0.15, 0.2) is 0 Å². The van der Waals surface area contributed by atoms with Gasteiger partial charge in [0.2, 0.25) is 5.91 Å². The molecule has 0 aromatic rings. The average molecular weight is 213 g/mol. The van der Waals surface area contributed by atoms with Crippen LogP contribution in [0.5, 0.6) is 0 Å². The third-order valence-corrected chi connectivity index (χ3v) is 3.39. The maximum Gasteiger partial charge on any atom is 0.249 e. The molecule has 3 atom stereocenters. The summed E-state index contributed by atoms with van der Waals surface area (Å²) in [4.78, 5) is 11.6. The summed E-state index contributed by atoms with van der Waals surface area (Å²) in [5.74, 6) is -0.144. The molecule has 2 aliphatic carbocycles. The highest BCUT2D eigenvalue weighted by atomic mass is 16.3. The van der Waals surface area contributed by atoms with E-state index >= 15 is 0 Å². The van der Waals surface area contributed by atoms with Crippen molar-refractivity contribution in [3.8, 4) is 0 Å². The molecule has 1 amide bonds. The minimum Gasteiger partial charge on any atom is -0.391 e. The lowest BCUT2D eigenvalue weighted by Crippen LogP contribution is -2.49. The van der Waals surface area contributed by atoms with Gasteiger partial charge in [-0.1, -0.05) is 12.8 Å². The first-order chi connectivity index (χ1) is 7.18. The summed E-state index contributed by atoms with van der Waals surface area (Å²) in [5.41, 5.74) is 0. The topological polar surface area (TPSA) is 69.6 Å². The van der Waals surface area contributed by atoms with E-state index in [-0.39, 0.29) is 17.9 Å². The summed E-state index contributed by atoms with van der Waals surface area (Å²) in [6.07, 6.45) is 4.24. The molecule has 0 aromatic carbocycles. The third-order valence-electron chi connectivity index (χ3n) is 3.39. The predicted molar refractivity (Wildman–Crippen MR) is 55.1 cm³/mol. The van der Waals surface area contributed by atoms with Gasteiger partial charge in [0.15, 0.2) is 0 Å². The Morgan fingerprint density at radius 1 is 1.20 bits per heavy atom. The summed E-state index contributed by atoms with van der Waals surface area (Å²) in [6, 6.07) is -0.153. The van der Waals surface area contributed by atoms with Crippen LogP contribution in [0.25, 0.3) is 0 Å². The van der Waals surface area contributed by atoms with E-state index in [0.29, 0.717) is 0 Å².